The van der Waals surface area contributed by atoms with Crippen molar-refractivity contribution < 1.29 is 0 Å². The average molecular weight is 568 g/mol. The van der Waals surface area contributed by atoms with Crippen LogP contribution in [0.2, 0.25) is 0 Å². The lowest BCUT2D eigenvalue weighted by molar-refractivity contribution is 0.591. The van der Waals surface area contributed by atoms with Crippen LogP contribution >= 0.6 is 0 Å². The highest BCUT2D eigenvalue weighted by Crippen LogP contribution is 2.40. The molecule has 0 amide bonds. The van der Waals surface area contributed by atoms with Crippen molar-refractivity contribution in [1.29, 1.82) is 0 Å². The molecule has 0 saturated carbocycles. The van der Waals surface area contributed by atoms with Crippen LogP contribution in [0.3, 0.4) is 0 Å². The van der Waals surface area contributed by atoms with Crippen LogP contribution in [0.1, 0.15) is 103 Å². The van der Waals surface area contributed by atoms with E-state index in [2.05, 4.69) is 122 Å². The number of nitrogens with zero attached hydrogens (tertiary/aromatic N) is 2. The van der Waals surface area contributed by atoms with Gasteiger partial charge in [-0.3, -0.25) is 0 Å². The van der Waals surface area contributed by atoms with E-state index in [1.54, 1.807) is 0 Å². The quantitative estimate of drug-likeness (QED) is 0.327. The van der Waals surface area contributed by atoms with Gasteiger partial charge in [0.1, 0.15) is 0 Å². The third-order valence-corrected chi connectivity index (χ3v) is 9.57. The second-order valence-electron chi connectivity index (χ2n) is 13.1. The van der Waals surface area contributed by atoms with Crippen molar-refractivity contribution in [3.05, 3.63) is 103 Å². The highest BCUT2D eigenvalue weighted by atomic mass is 14.8. The number of fused-ring (bicyclic) bond motifs is 9. The first kappa shape index (κ1) is 29.1. The smallest absolute Gasteiger partial charge is 0.0693 e. The van der Waals surface area contributed by atoms with E-state index in [4.69, 9.17) is 9.98 Å². The van der Waals surface area contributed by atoms with Gasteiger partial charge in [0.15, 0.2) is 0 Å². The lowest BCUT2D eigenvalue weighted by Crippen LogP contribution is -2.16. The van der Waals surface area contributed by atoms with Gasteiger partial charge in [0.25, 0.3) is 0 Å². The predicted octanol–water partition coefficient (Wildman–Crippen LogP) is 8.86. The summed E-state index contributed by atoms with van der Waals surface area (Å²) in [6.07, 6.45) is 13.0. The van der Waals surface area contributed by atoms with E-state index in [0.717, 1.165) is 48.5 Å². The topological polar surface area (TPSA) is 40.5 Å². The number of allylic oxidation sites excluding steroid dienone is 4. The number of aromatic amines is 1. The van der Waals surface area contributed by atoms with Crippen molar-refractivity contribution in [3.8, 4) is 11.1 Å². The fourth-order valence-electron chi connectivity index (χ4n) is 7.06. The normalized spacial score (nSPS) is 16.7. The molecule has 3 nitrogen and oxygen atoms in total. The van der Waals surface area contributed by atoms with Crippen LogP contribution < -0.4 is 10.7 Å². The Morgan fingerprint density at radius 1 is 0.605 bits per heavy atom. The van der Waals surface area contributed by atoms with Crippen LogP contribution in [-0.2, 0) is 18.3 Å². The van der Waals surface area contributed by atoms with E-state index < -0.39 is 0 Å². The van der Waals surface area contributed by atoms with Gasteiger partial charge in [0.2, 0.25) is 0 Å². The Labute approximate surface area is 257 Å². The zero-order chi connectivity index (χ0) is 30.6. The van der Waals surface area contributed by atoms with Crippen LogP contribution in [0.15, 0.2) is 74.0 Å². The van der Waals surface area contributed by atoms with Gasteiger partial charge in [-0.25, -0.2) is 9.98 Å². The summed E-state index contributed by atoms with van der Waals surface area (Å²) < 4.78 is 0. The van der Waals surface area contributed by atoms with Crippen molar-refractivity contribution in [3.63, 3.8) is 0 Å². The van der Waals surface area contributed by atoms with E-state index in [-0.39, 0.29) is 5.41 Å². The van der Waals surface area contributed by atoms with E-state index in [1.807, 2.05) is 0 Å². The number of hydrogen-bond donors (Lipinski definition) is 1. The number of H-pyrrole nitrogens is 1. The maximum absolute atomic E-state index is 5.28. The van der Waals surface area contributed by atoms with Gasteiger partial charge in [0, 0.05) is 10.7 Å². The highest BCUT2D eigenvalue weighted by molar-refractivity contribution is 6.24. The summed E-state index contributed by atoms with van der Waals surface area (Å²) in [5, 5.41) is 2.35. The monoisotopic (exact) mass is 567 g/mol. The van der Waals surface area contributed by atoms with Crippen LogP contribution in [0.25, 0.3) is 35.4 Å². The molecular weight excluding hydrogens is 522 g/mol. The molecule has 0 aromatic carbocycles. The maximum atomic E-state index is 5.28. The molecule has 0 radical (unpaired) electrons. The summed E-state index contributed by atoms with van der Waals surface area (Å²) in [7, 11) is 0. The molecule has 8 bridgehead atoms. The lowest BCUT2D eigenvalue weighted by Gasteiger charge is -2.17. The fraction of sp³-hybridized carbons (Fsp3) is 0.350. The lowest BCUT2D eigenvalue weighted by atomic mass is 9.88. The molecule has 43 heavy (non-hydrogen) atoms. The highest BCUT2D eigenvalue weighted by Gasteiger charge is 2.24. The van der Waals surface area contributed by atoms with Gasteiger partial charge in [-0.15, -0.1) is 0 Å². The summed E-state index contributed by atoms with van der Waals surface area (Å²) in [5.74, 6) is 0. The van der Waals surface area contributed by atoms with Crippen molar-refractivity contribution in [2.45, 2.75) is 93.4 Å². The molecule has 1 N–H and O–H groups in total. The van der Waals surface area contributed by atoms with E-state index in [1.165, 1.54) is 71.9 Å². The number of hydrogen-bond acceptors (Lipinski definition) is 2. The third-order valence-electron chi connectivity index (χ3n) is 9.57. The minimum atomic E-state index is 0.0681. The molecule has 0 spiro atoms. The van der Waals surface area contributed by atoms with Gasteiger partial charge in [0.05, 0.1) is 22.8 Å². The molecule has 0 fully saturated rings. The Morgan fingerprint density at radius 2 is 1.05 bits per heavy atom. The molecule has 3 aliphatic heterocycles. The molecular formula is C40H45N3. The standard InChI is InChI=1S/C40H45N3/c1-10-28-23(5)34-19-25-18-26(33-17-15-27(40(7,8)9)14-16-32(25)33)20-35-24(6)29(11-2)37(42-35)22-39-31(13-4)30(12-3)38(43-39)21-36(28)41-34/h14-22,43H,10-13H2,1-9H3. The minimum Gasteiger partial charge on any atom is -0.355 e. The number of nitrogens with one attached hydrogen (secondary N) is 1. The van der Waals surface area contributed by atoms with Gasteiger partial charge >= 0.3 is 0 Å². The van der Waals surface area contributed by atoms with Gasteiger partial charge in [-0.1, -0.05) is 72.7 Å². The van der Waals surface area contributed by atoms with Crippen LogP contribution in [0.4, 0.5) is 0 Å². The summed E-state index contributed by atoms with van der Waals surface area (Å²) >= 11 is 0. The molecule has 1 aromatic rings. The zero-order valence-electron chi connectivity index (χ0n) is 27.4. The molecule has 0 atom stereocenters. The molecule has 1 aromatic heterocycles. The molecule has 2 aliphatic carbocycles. The van der Waals surface area contributed by atoms with Crippen LogP contribution in [0, 0.1) is 0 Å². The fourth-order valence-corrected chi connectivity index (χ4v) is 7.06. The Hall–Kier alpha value is -3.98. The van der Waals surface area contributed by atoms with Gasteiger partial charge < -0.3 is 4.98 Å². The predicted molar refractivity (Wildman–Crippen MR) is 186 cm³/mol. The van der Waals surface area contributed by atoms with Crippen molar-refractivity contribution in [2.75, 3.05) is 0 Å². The van der Waals surface area contributed by atoms with Gasteiger partial charge in [-0.05, 0) is 137 Å². The SMILES string of the molecule is CCC1=C(C)C2=Cc3cc(c4ccc(C(C)(C)C)ccc3-4)C=C3N=C(C=c4[nH]c(c(CC)c4CC)=CC1=N2)C(CC)=C3C. The Bertz CT molecular complexity index is 1810. The average Bonchev–Trinajstić information content (AvgIpc) is 3.58. The molecule has 220 valence electrons. The number of aromatic nitrogens is 1. The van der Waals surface area contributed by atoms with Crippen molar-refractivity contribution >= 4 is 35.7 Å². The van der Waals surface area contributed by atoms with Crippen molar-refractivity contribution in [2.24, 2.45) is 9.98 Å². The van der Waals surface area contributed by atoms with Crippen molar-refractivity contribution in [1.82, 2.24) is 4.98 Å². The first-order valence-corrected chi connectivity index (χ1v) is 16.1. The Kier molecular flexibility index (Phi) is 7.40. The summed E-state index contributed by atoms with van der Waals surface area (Å²) in [4.78, 5) is 14.4. The molecule has 0 unspecified atom stereocenters. The molecule has 6 rings (SSSR count). The van der Waals surface area contributed by atoms with E-state index in [9.17, 15) is 0 Å². The second kappa shape index (κ2) is 10.9. The molecule has 5 aliphatic rings. The summed E-state index contributed by atoms with van der Waals surface area (Å²) in [6, 6.07) is 11.5. The molecule has 0 saturated heterocycles. The number of rotatable bonds is 4. The molecule has 4 heterocycles. The number of aliphatic imine (C=N–C) groups is 2. The van der Waals surface area contributed by atoms with E-state index >= 15 is 0 Å². The third kappa shape index (κ3) is 4.93. The largest absolute Gasteiger partial charge is 0.355 e. The maximum Gasteiger partial charge on any atom is 0.0693 e. The minimum absolute atomic E-state index is 0.0681. The second-order valence-corrected chi connectivity index (χ2v) is 13.1. The van der Waals surface area contributed by atoms with Gasteiger partial charge in [-0.2, -0.15) is 0 Å². The first-order chi connectivity index (χ1) is 20.6. The van der Waals surface area contributed by atoms with Crippen LogP contribution in [-0.4, -0.2) is 16.4 Å². The summed E-state index contributed by atoms with van der Waals surface area (Å²) in [5.41, 5.74) is 18.5. The Morgan fingerprint density at radius 3 is 1.42 bits per heavy atom. The van der Waals surface area contributed by atoms with E-state index in [0.29, 0.717) is 0 Å². The Balaban J connectivity index is 1.72. The zero-order valence-corrected chi connectivity index (χ0v) is 27.4. The summed E-state index contributed by atoms with van der Waals surface area (Å²) in [6.45, 7) is 20.3. The molecule has 3 heteroatoms. The first-order valence-electron chi connectivity index (χ1n) is 16.1. The van der Waals surface area contributed by atoms with Crippen LogP contribution in [0.5, 0.6) is 0 Å².